The lowest BCUT2D eigenvalue weighted by atomic mass is 10.3. The first kappa shape index (κ1) is 20.7. The largest absolute Gasteiger partial charge is 0.522 e. The Morgan fingerprint density at radius 2 is 1.81 bits per heavy atom. The summed E-state index contributed by atoms with van der Waals surface area (Å²) in [6, 6.07) is 5.22. The van der Waals surface area contributed by atoms with Crippen molar-refractivity contribution in [1.29, 1.82) is 0 Å². The van der Waals surface area contributed by atoms with Gasteiger partial charge in [-0.1, -0.05) is 23.2 Å². The predicted octanol–water partition coefficient (Wildman–Crippen LogP) is 3.38. The smallest absolute Gasteiger partial charge is 0.319 e. The zero-order valence-corrected chi connectivity index (χ0v) is 15.2. The molecule has 12 heteroatoms. The molecular formula is C14H11Cl2F3N2O4S. The molecule has 26 heavy (non-hydrogen) atoms. The van der Waals surface area contributed by atoms with Crippen molar-refractivity contribution in [2.45, 2.75) is 17.8 Å². The number of nitrogens with zero attached hydrogens (tertiary/aromatic N) is 2. The van der Waals surface area contributed by atoms with Gasteiger partial charge in [0.1, 0.15) is 16.6 Å². The number of halogens is 5. The van der Waals surface area contributed by atoms with E-state index in [1.165, 1.54) is 24.3 Å². The third-order valence-electron chi connectivity index (χ3n) is 3.13. The maximum absolute atomic E-state index is 12.2. The Hall–Kier alpha value is -1.62. The van der Waals surface area contributed by atoms with E-state index in [9.17, 15) is 26.4 Å². The minimum atomic E-state index is -4.79. The van der Waals surface area contributed by atoms with Crippen LogP contribution < -0.4 is 0 Å². The molecule has 1 aromatic heterocycles. The fraction of sp³-hybridized carbons (Fsp3) is 0.286. The highest BCUT2D eigenvalue weighted by Gasteiger charge is 2.29. The highest BCUT2D eigenvalue weighted by Crippen LogP contribution is 2.21. The van der Waals surface area contributed by atoms with E-state index in [1.54, 1.807) is 0 Å². The maximum Gasteiger partial charge on any atom is 0.522 e. The first-order chi connectivity index (χ1) is 12.0. The molecule has 1 aromatic carbocycles. The van der Waals surface area contributed by atoms with Gasteiger partial charge in [-0.25, -0.2) is 13.4 Å². The number of alkyl halides is 3. The minimum Gasteiger partial charge on any atom is -0.319 e. The Kier molecular flexibility index (Phi) is 6.33. The number of carbonyl (C=O) groups excluding carboxylic acids is 1. The van der Waals surface area contributed by atoms with Crippen LogP contribution in [0.3, 0.4) is 0 Å². The van der Waals surface area contributed by atoms with Gasteiger partial charge in [0.15, 0.2) is 15.6 Å². The molecule has 0 aliphatic carbocycles. The highest BCUT2D eigenvalue weighted by atomic mass is 35.5. The lowest BCUT2D eigenvalue weighted by Crippen LogP contribution is -2.18. The first-order valence-corrected chi connectivity index (χ1v) is 9.33. The van der Waals surface area contributed by atoms with Crippen LogP contribution in [-0.2, 0) is 21.1 Å². The zero-order valence-electron chi connectivity index (χ0n) is 12.8. The summed E-state index contributed by atoms with van der Waals surface area (Å²) in [4.78, 5) is 15.8. The Bertz CT molecular complexity index is 896. The number of Topliss-reactive ketones (excluding diaryl/α,β-unsaturated/α-hetero) is 1. The molecule has 1 heterocycles. The van der Waals surface area contributed by atoms with Gasteiger partial charge in [0.25, 0.3) is 0 Å². The molecule has 2 rings (SSSR count). The molecule has 0 saturated carbocycles. The molecular weight excluding hydrogens is 420 g/mol. The van der Waals surface area contributed by atoms with E-state index in [0.717, 1.165) is 10.9 Å². The number of rotatable bonds is 7. The monoisotopic (exact) mass is 430 g/mol. The Balaban J connectivity index is 2.09. The topological polar surface area (TPSA) is 78.3 Å². The first-order valence-electron chi connectivity index (χ1n) is 6.92. The molecule has 0 spiro atoms. The van der Waals surface area contributed by atoms with Crippen LogP contribution in [-0.4, -0.2) is 42.5 Å². The minimum absolute atomic E-state index is 0.107. The van der Waals surface area contributed by atoms with Crippen molar-refractivity contribution in [2.24, 2.45) is 0 Å². The van der Waals surface area contributed by atoms with Crippen LogP contribution in [0, 0.1) is 0 Å². The lowest BCUT2D eigenvalue weighted by molar-refractivity contribution is -0.325. The maximum atomic E-state index is 12.2. The van der Waals surface area contributed by atoms with Gasteiger partial charge < -0.3 is 4.57 Å². The normalized spacial score (nSPS) is 12.3. The van der Waals surface area contributed by atoms with E-state index in [0.29, 0.717) is 5.02 Å². The molecule has 0 bridgehead atoms. The van der Waals surface area contributed by atoms with Crippen molar-refractivity contribution < 1.29 is 31.1 Å². The molecule has 0 atom stereocenters. The van der Waals surface area contributed by atoms with E-state index in [2.05, 4.69) is 9.72 Å². The molecule has 0 N–H and O–H groups in total. The van der Waals surface area contributed by atoms with Gasteiger partial charge in [-0.15, -0.1) is 13.2 Å². The van der Waals surface area contributed by atoms with Crippen molar-refractivity contribution in [2.75, 3.05) is 12.4 Å². The summed E-state index contributed by atoms with van der Waals surface area (Å²) in [5.41, 5.74) is -0.351. The molecule has 0 amide bonds. The molecule has 0 fully saturated rings. The van der Waals surface area contributed by atoms with Crippen LogP contribution in [0.4, 0.5) is 13.2 Å². The Morgan fingerprint density at radius 3 is 2.38 bits per heavy atom. The fourth-order valence-electron chi connectivity index (χ4n) is 1.94. The Labute approximate surface area is 156 Å². The second-order valence-corrected chi connectivity index (χ2v) is 7.79. The van der Waals surface area contributed by atoms with Gasteiger partial charge in [-0.2, -0.15) is 0 Å². The summed E-state index contributed by atoms with van der Waals surface area (Å²) in [5.74, 6) is -1.79. The number of carbonyl (C=O) groups is 1. The van der Waals surface area contributed by atoms with Crippen molar-refractivity contribution in [3.63, 3.8) is 0 Å². The van der Waals surface area contributed by atoms with Crippen LogP contribution in [0.1, 0.15) is 10.5 Å². The summed E-state index contributed by atoms with van der Waals surface area (Å²) in [6.45, 7) is -1.06. The number of aromatic nitrogens is 2. The number of ketones is 1. The van der Waals surface area contributed by atoms with Crippen molar-refractivity contribution >= 4 is 38.8 Å². The van der Waals surface area contributed by atoms with Gasteiger partial charge in [-0.3, -0.25) is 9.53 Å². The quantitative estimate of drug-likeness (QED) is 0.629. The van der Waals surface area contributed by atoms with Crippen LogP contribution >= 0.6 is 23.2 Å². The number of hydrogen-bond donors (Lipinski definition) is 0. The summed E-state index contributed by atoms with van der Waals surface area (Å²) >= 11 is 11.6. The SMILES string of the molecule is O=C(CS(=O)(=O)c1ccc(Cl)cc1)c1ncn(CCOC(F)(F)F)c1Cl. The van der Waals surface area contributed by atoms with Crippen molar-refractivity contribution in [3.05, 3.63) is 46.5 Å². The molecule has 0 aliphatic heterocycles. The fourth-order valence-corrected chi connectivity index (χ4v) is 3.54. The Morgan fingerprint density at radius 1 is 1.19 bits per heavy atom. The lowest BCUT2D eigenvalue weighted by Gasteiger charge is -2.08. The van der Waals surface area contributed by atoms with Gasteiger partial charge in [0.05, 0.1) is 17.8 Å². The van der Waals surface area contributed by atoms with Gasteiger partial charge in [0, 0.05) is 11.6 Å². The number of ether oxygens (including phenoxy) is 1. The van der Waals surface area contributed by atoms with Gasteiger partial charge >= 0.3 is 6.36 Å². The number of hydrogen-bond acceptors (Lipinski definition) is 5. The standard InChI is InChI=1S/C14H11Cl2F3N2O4S/c15-9-1-3-10(4-2-9)26(23,24)7-11(22)12-13(16)21(8-20-12)5-6-25-14(17,18)19/h1-4,8H,5-7H2. The van der Waals surface area contributed by atoms with Gasteiger partial charge in [-0.05, 0) is 24.3 Å². The molecule has 2 aromatic rings. The highest BCUT2D eigenvalue weighted by molar-refractivity contribution is 7.92. The van der Waals surface area contributed by atoms with E-state index in [1.807, 2.05) is 0 Å². The van der Waals surface area contributed by atoms with E-state index >= 15 is 0 Å². The molecule has 0 unspecified atom stereocenters. The average molecular weight is 431 g/mol. The molecule has 0 radical (unpaired) electrons. The number of sulfone groups is 1. The van der Waals surface area contributed by atoms with Gasteiger partial charge in [0.2, 0.25) is 0 Å². The average Bonchev–Trinajstić information content (AvgIpc) is 2.87. The van der Waals surface area contributed by atoms with E-state index < -0.39 is 34.3 Å². The molecule has 6 nitrogen and oxygen atoms in total. The molecule has 0 aliphatic rings. The van der Waals surface area contributed by atoms with Crippen molar-refractivity contribution in [3.8, 4) is 0 Å². The van der Waals surface area contributed by atoms with E-state index in [-0.39, 0.29) is 22.3 Å². The summed E-state index contributed by atoms with van der Waals surface area (Å²) < 4.78 is 65.0. The number of benzene rings is 1. The summed E-state index contributed by atoms with van der Waals surface area (Å²) in [7, 11) is -3.96. The van der Waals surface area contributed by atoms with Crippen LogP contribution in [0.15, 0.2) is 35.5 Å². The second kappa shape index (κ2) is 7.95. The predicted molar refractivity (Wildman–Crippen MR) is 87.1 cm³/mol. The molecule has 142 valence electrons. The van der Waals surface area contributed by atoms with E-state index in [4.69, 9.17) is 23.2 Å². The summed E-state index contributed by atoms with van der Waals surface area (Å²) in [6.07, 6.45) is -3.76. The number of imidazole rings is 1. The third-order valence-corrected chi connectivity index (χ3v) is 5.41. The van der Waals surface area contributed by atoms with Crippen LogP contribution in [0.25, 0.3) is 0 Å². The molecule has 0 saturated heterocycles. The second-order valence-electron chi connectivity index (χ2n) is 5.01. The third kappa shape index (κ3) is 5.44. The van der Waals surface area contributed by atoms with Crippen LogP contribution in [0.2, 0.25) is 10.2 Å². The van der Waals surface area contributed by atoms with Crippen molar-refractivity contribution in [1.82, 2.24) is 9.55 Å². The van der Waals surface area contributed by atoms with Crippen LogP contribution in [0.5, 0.6) is 0 Å². The zero-order chi connectivity index (χ0) is 19.5. The summed E-state index contributed by atoms with van der Waals surface area (Å²) in [5, 5.41) is 0.0604.